The Balaban J connectivity index is 1.38. The number of amides is 2. The molecule has 1 N–H and O–H groups in total. The minimum atomic E-state index is -0.264. The number of urea groups is 1. The number of rotatable bonds is 3. The van der Waals surface area contributed by atoms with E-state index < -0.39 is 0 Å². The van der Waals surface area contributed by atoms with E-state index in [1.165, 1.54) is 9.69 Å². The highest BCUT2D eigenvalue weighted by Crippen LogP contribution is 2.28. The maximum Gasteiger partial charge on any atom is 0.331 e. The lowest BCUT2D eigenvalue weighted by Gasteiger charge is -2.36. The lowest BCUT2D eigenvalue weighted by Crippen LogP contribution is -2.45. The van der Waals surface area contributed by atoms with Crippen molar-refractivity contribution in [3.63, 3.8) is 0 Å². The summed E-state index contributed by atoms with van der Waals surface area (Å²) in [5, 5.41) is 14.0. The van der Waals surface area contributed by atoms with E-state index in [1.807, 2.05) is 24.4 Å². The molecule has 3 aromatic rings. The number of benzene rings is 2. The van der Waals surface area contributed by atoms with Gasteiger partial charge in [0.2, 0.25) is 0 Å². The molecular weight excluding hydrogens is 382 g/mol. The molecule has 1 aromatic heterocycles. The first-order valence-electron chi connectivity index (χ1n) is 9.53. The number of hydrogen-bond donors (Lipinski definition) is 2. The first-order valence-corrected chi connectivity index (χ1v) is 9.93. The fraction of sp³-hybridized carbons (Fsp3) is 0.227. The summed E-state index contributed by atoms with van der Waals surface area (Å²) < 4.78 is 1.48. The molecule has 29 heavy (non-hydrogen) atoms. The Morgan fingerprint density at radius 3 is 2.59 bits per heavy atom. The van der Waals surface area contributed by atoms with E-state index in [9.17, 15) is 4.79 Å². The van der Waals surface area contributed by atoms with Crippen LogP contribution in [0.15, 0.2) is 60.8 Å². The van der Waals surface area contributed by atoms with Crippen LogP contribution in [0, 0.1) is 11.3 Å². The SMILES string of the molecule is N#Cc1ccc(NC(=O)N(S)C2CCN(c3nccc4ccccc34)CC2)cc1. The third-order valence-electron chi connectivity index (χ3n) is 5.24. The molecule has 2 aromatic carbocycles. The number of aromatic nitrogens is 1. The largest absolute Gasteiger partial charge is 0.356 e. The summed E-state index contributed by atoms with van der Waals surface area (Å²) in [6, 6.07) is 18.9. The number of anilines is 2. The molecule has 0 spiro atoms. The lowest BCUT2D eigenvalue weighted by molar-refractivity contribution is 0.223. The van der Waals surface area contributed by atoms with Gasteiger partial charge in [-0.3, -0.25) is 4.31 Å². The van der Waals surface area contributed by atoms with Crippen molar-refractivity contribution in [2.24, 2.45) is 0 Å². The smallest absolute Gasteiger partial charge is 0.331 e. The highest BCUT2D eigenvalue weighted by Gasteiger charge is 2.27. The lowest BCUT2D eigenvalue weighted by atomic mass is 10.0. The van der Waals surface area contributed by atoms with E-state index in [4.69, 9.17) is 5.26 Å². The first kappa shape index (κ1) is 19.1. The van der Waals surface area contributed by atoms with Crippen LogP contribution in [0.5, 0.6) is 0 Å². The van der Waals surface area contributed by atoms with Crippen LogP contribution in [0.1, 0.15) is 18.4 Å². The van der Waals surface area contributed by atoms with Gasteiger partial charge in [0.25, 0.3) is 0 Å². The number of pyridine rings is 1. The second-order valence-corrected chi connectivity index (χ2v) is 7.47. The summed E-state index contributed by atoms with van der Waals surface area (Å²) in [4.78, 5) is 19.4. The van der Waals surface area contributed by atoms with Gasteiger partial charge in [0.1, 0.15) is 5.82 Å². The number of carbonyl (C=O) groups is 1. The number of carbonyl (C=O) groups excluding carboxylic acids is 1. The van der Waals surface area contributed by atoms with E-state index >= 15 is 0 Å². The maximum absolute atomic E-state index is 12.5. The highest BCUT2D eigenvalue weighted by atomic mass is 32.1. The van der Waals surface area contributed by atoms with Crippen LogP contribution < -0.4 is 10.2 Å². The van der Waals surface area contributed by atoms with Gasteiger partial charge >= 0.3 is 6.03 Å². The molecule has 0 bridgehead atoms. The van der Waals surface area contributed by atoms with Crippen LogP contribution in [-0.2, 0) is 0 Å². The molecule has 0 unspecified atom stereocenters. The van der Waals surface area contributed by atoms with Crippen molar-refractivity contribution < 1.29 is 4.79 Å². The van der Waals surface area contributed by atoms with Crippen molar-refractivity contribution in [1.29, 1.82) is 5.26 Å². The van der Waals surface area contributed by atoms with Gasteiger partial charge in [-0.25, -0.2) is 9.78 Å². The number of thiol groups is 1. The fourth-order valence-electron chi connectivity index (χ4n) is 3.65. The Labute approximate surface area is 175 Å². The third-order valence-corrected chi connectivity index (χ3v) is 5.74. The van der Waals surface area contributed by atoms with Crippen molar-refractivity contribution in [2.75, 3.05) is 23.3 Å². The fourth-order valence-corrected chi connectivity index (χ4v) is 3.93. The maximum atomic E-state index is 12.5. The second-order valence-electron chi connectivity index (χ2n) is 7.04. The average Bonchev–Trinajstić information content (AvgIpc) is 2.79. The summed E-state index contributed by atoms with van der Waals surface area (Å²) in [6.07, 6.45) is 3.48. The summed E-state index contributed by atoms with van der Waals surface area (Å²) in [5.41, 5.74) is 1.20. The predicted molar refractivity (Wildman–Crippen MR) is 118 cm³/mol. The van der Waals surface area contributed by atoms with Gasteiger partial charge in [-0.05, 0) is 48.6 Å². The molecule has 0 saturated carbocycles. The third kappa shape index (κ3) is 4.13. The number of nitrogens with one attached hydrogen (secondary N) is 1. The Morgan fingerprint density at radius 2 is 1.86 bits per heavy atom. The Kier molecular flexibility index (Phi) is 5.54. The van der Waals surface area contributed by atoms with Gasteiger partial charge < -0.3 is 10.2 Å². The van der Waals surface area contributed by atoms with Crippen molar-refractivity contribution in [3.05, 3.63) is 66.4 Å². The van der Waals surface area contributed by atoms with Gasteiger partial charge in [-0.15, -0.1) is 0 Å². The molecule has 2 heterocycles. The number of hydrogen-bond acceptors (Lipinski definition) is 5. The zero-order chi connectivity index (χ0) is 20.2. The normalized spacial score (nSPS) is 14.4. The van der Waals surface area contributed by atoms with Crippen LogP contribution in [0.2, 0.25) is 0 Å². The van der Waals surface area contributed by atoms with E-state index in [1.54, 1.807) is 24.3 Å². The molecule has 146 valence electrons. The number of piperidine rings is 1. The minimum Gasteiger partial charge on any atom is -0.356 e. The number of fused-ring (bicyclic) bond motifs is 1. The summed E-state index contributed by atoms with van der Waals surface area (Å²) in [5.74, 6) is 0.995. The topological polar surface area (TPSA) is 72.3 Å². The van der Waals surface area contributed by atoms with Crippen molar-refractivity contribution in [2.45, 2.75) is 18.9 Å². The molecule has 1 saturated heterocycles. The monoisotopic (exact) mass is 403 g/mol. The van der Waals surface area contributed by atoms with Crippen LogP contribution in [0.4, 0.5) is 16.3 Å². The zero-order valence-corrected chi connectivity index (χ0v) is 16.7. The van der Waals surface area contributed by atoms with E-state index in [0.717, 1.165) is 37.1 Å². The Hall–Kier alpha value is -3.24. The molecule has 4 rings (SSSR count). The van der Waals surface area contributed by atoms with Gasteiger partial charge in [0, 0.05) is 36.4 Å². The standard InChI is InChI=1S/C22H21N5OS/c23-15-16-5-7-18(8-6-16)25-22(28)27(29)19-10-13-26(14-11-19)21-20-4-2-1-3-17(20)9-12-24-21/h1-9,12,19,29H,10-11,13-14H2,(H,25,28). The van der Waals surface area contributed by atoms with Gasteiger partial charge in [-0.2, -0.15) is 5.26 Å². The molecular formula is C22H21N5OS. The number of nitriles is 1. The predicted octanol–water partition coefficient (Wildman–Crippen LogP) is 4.45. The van der Waals surface area contributed by atoms with Crippen LogP contribution >= 0.6 is 12.8 Å². The Morgan fingerprint density at radius 1 is 1.14 bits per heavy atom. The van der Waals surface area contributed by atoms with Crippen molar-refractivity contribution in [3.8, 4) is 6.07 Å². The van der Waals surface area contributed by atoms with Gasteiger partial charge in [0.15, 0.2) is 0 Å². The molecule has 1 aliphatic rings. The molecule has 2 amide bonds. The molecule has 0 atom stereocenters. The van der Waals surface area contributed by atoms with Gasteiger partial charge in [0.05, 0.1) is 11.6 Å². The Bertz CT molecular complexity index is 1050. The van der Waals surface area contributed by atoms with Crippen LogP contribution in [0.3, 0.4) is 0 Å². The average molecular weight is 404 g/mol. The van der Waals surface area contributed by atoms with Crippen molar-refractivity contribution in [1.82, 2.24) is 9.29 Å². The number of nitrogens with zero attached hydrogens (tertiary/aromatic N) is 4. The quantitative estimate of drug-likeness (QED) is 0.634. The summed E-state index contributed by atoms with van der Waals surface area (Å²) >= 11 is 4.45. The molecule has 7 heteroatoms. The second kappa shape index (κ2) is 8.41. The van der Waals surface area contributed by atoms with Crippen molar-refractivity contribution >= 4 is 41.1 Å². The molecule has 0 aliphatic carbocycles. The van der Waals surface area contributed by atoms with E-state index in [0.29, 0.717) is 11.3 Å². The minimum absolute atomic E-state index is 0.0444. The van der Waals surface area contributed by atoms with Gasteiger partial charge in [-0.1, -0.05) is 37.1 Å². The van der Waals surface area contributed by atoms with E-state index in [-0.39, 0.29) is 12.1 Å². The van der Waals surface area contributed by atoms with Crippen LogP contribution in [-0.4, -0.2) is 34.5 Å². The molecule has 0 radical (unpaired) electrons. The molecule has 1 fully saturated rings. The zero-order valence-electron chi connectivity index (χ0n) is 15.8. The summed E-state index contributed by atoms with van der Waals surface area (Å²) in [6.45, 7) is 1.62. The van der Waals surface area contributed by atoms with Crippen LogP contribution in [0.25, 0.3) is 10.8 Å². The molecule has 6 nitrogen and oxygen atoms in total. The summed E-state index contributed by atoms with van der Waals surface area (Å²) in [7, 11) is 0. The highest BCUT2D eigenvalue weighted by molar-refractivity contribution is 7.78. The van der Waals surface area contributed by atoms with E-state index in [2.05, 4.69) is 46.2 Å². The molecule has 1 aliphatic heterocycles. The first-order chi connectivity index (χ1) is 14.2.